The summed E-state index contributed by atoms with van der Waals surface area (Å²) in [6, 6.07) is 0. The Labute approximate surface area is 79.4 Å². The summed E-state index contributed by atoms with van der Waals surface area (Å²) >= 11 is 0. The summed E-state index contributed by atoms with van der Waals surface area (Å²) in [7, 11) is 0. The Morgan fingerprint density at radius 3 is 2.69 bits per heavy atom. The van der Waals surface area contributed by atoms with Crippen molar-refractivity contribution in [3.05, 3.63) is 12.7 Å². The highest BCUT2D eigenvalue weighted by atomic mass is 16.2. The van der Waals surface area contributed by atoms with E-state index in [-0.39, 0.29) is 5.91 Å². The van der Waals surface area contributed by atoms with E-state index in [2.05, 4.69) is 11.9 Å². The average molecular weight is 182 g/mol. The zero-order chi connectivity index (χ0) is 9.73. The van der Waals surface area contributed by atoms with Gasteiger partial charge in [0.25, 0.3) is 0 Å². The third kappa shape index (κ3) is 2.56. The molecule has 3 N–H and O–H groups in total. The Hall–Kier alpha value is -0.830. The first kappa shape index (κ1) is 10.3. The first-order valence-electron chi connectivity index (χ1n) is 4.87. The van der Waals surface area contributed by atoms with Crippen molar-refractivity contribution >= 4 is 5.91 Å². The fourth-order valence-electron chi connectivity index (χ4n) is 1.70. The number of carbonyl (C=O) groups is 1. The minimum Gasteiger partial charge on any atom is -0.354 e. The van der Waals surface area contributed by atoms with Gasteiger partial charge in [0.15, 0.2) is 0 Å². The van der Waals surface area contributed by atoms with Crippen LogP contribution in [0.1, 0.15) is 32.1 Å². The van der Waals surface area contributed by atoms with Gasteiger partial charge in [0, 0.05) is 6.54 Å². The van der Waals surface area contributed by atoms with Gasteiger partial charge >= 0.3 is 0 Å². The molecule has 0 aromatic rings. The second-order valence-corrected chi connectivity index (χ2v) is 3.70. The van der Waals surface area contributed by atoms with Crippen LogP contribution in [0.3, 0.4) is 0 Å². The largest absolute Gasteiger partial charge is 0.354 e. The van der Waals surface area contributed by atoms with Crippen molar-refractivity contribution in [2.24, 2.45) is 5.73 Å². The van der Waals surface area contributed by atoms with E-state index < -0.39 is 5.54 Å². The zero-order valence-corrected chi connectivity index (χ0v) is 8.01. The van der Waals surface area contributed by atoms with Crippen molar-refractivity contribution < 1.29 is 4.79 Å². The van der Waals surface area contributed by atoms with E-state index in [9.17, 15) is 4.79 Å². The van der Waals surface area contributed by atoms with E-state index in [0.717, 1.165) is 32.1 Å². The lowest BCUT2D eigenvalue weighted by Crippen LogP contribution is -2.52. The second kappa shape index (κ2) is 4.42. The van der Waals surface area contributed by atoms with Gasteiger partial charge in [-0.15, -0.1) is 6.58 Å². The number of amides is 1. The van der Waals surface area contributed by atoms with E-state index in [1.165, 1.54) is 0 Å². The molecule has 0 atom stereocenters. The normalized spacial score (nSPS) is 19.8. The van der Waals surface area contributed by atoms with E-state index >= 15 is 0 Å². The monoisotopic (exact) mass is 182 g/mol. The fraction of sp³-hybridized carbons (Fsp3) is 0.700. The summed E-state index contributed by atoms with van der Waals surface area (Å²) in [5.41, 5.74) is 5.36. The summed E-state index contributed by atoms with van der Waals surface area (Å²) in [4.78, 5) is 11.6. The molecule has 1 aliphatic rings. The van der Waals surface area contributed by atoms with Gasteiger partial charge in [-0.1, -0.05) is 18.9 Å². The number of nitrogens with one attached hydrogen (secondary N) is 1. The maximum Gasteiger partial charge on any atom is 0.240 e. The standard InChI is InChI=1S/C10H18N2O/c1-2-3-8-12-9(13)10(11)6-4-5-7-10/h2H,1,3-8,11H2,(H,12,13). The second-order valence-electron chi connectivity index (χ2n) is 3.70. The molecule has 1 amide bonds. The van der Waals surface area contributed by atoms with Crippen LogP contribution in [0.15, 0.2) is 12.7 Å². The van der Waals surface area contributed by atoms with Crippen molar-refractivity contribution in [3.63, 3.8) is 0 Å². The average Bonchev–Trinajstić information content (AvgIpc) is 2.54. The lowest BCUT2D eigenvalue weighted by atomic mass is 9.98. The molecule has 0 aromatic heterocycles. The predicted molar refractivity (Wildman–Crippen MR) is 53.2 cm³/mol. The molecule has 0 aliphatic heterocycles. The van der Waals surface area contributed by atoms with Crippen LogP contribution in [0, 0.1) is 0 Å². The topological polar surface area (TPSA) is 55.1 Å². The molecule has 13 heavy (non-hydrogen) atoms. The summed E-state index contributed by atoms with van der Waals surface area (Å²) in [5, 5.41) is 2.83. The molecule has 0 radical (unpaired) electrons. The fourth-order valence-corrected chi connectivity index (χ4v) is 1.70. The molecule has 0 heterocycles. The number of nitrogens with two attached hydrogens (primary N) is 1. The Balaban J connectivity index is 2.33. The van der Waals surface area contributed by atoms with Gasteiger partial charge in [0.2, 0.25) is 5.91 Å². The van der Waals surface area contributed by atoms with Gasteiger partial charge in [-0.3, -0.25) is 4.79 Å². The molecule has 0 aromatic carbocycles. The minimum absolute atomic E-state index is 0.00634. The Morgan fingerprint density at radius 1 is 1.54 bits per heavy atom. The zero-order valence-electron chi connectivity index (χ0n) is 8.01. The maximum atomic E-state index is 11.6. The summed E-state index contributed by atoms with van der Waals surface area (Å²) in [6.45, 7) is 4.24. The highest BCUT2D eigenvalue weighted by Crippen LogP contribution is 2.26. The molecule has 0 unspecified atom stereocenters. The van der Waals surface area contributed by atoms with Gasteiger partial charge in [-0.2, -0.15) is 0 Å². The summed E-state index contributed by atoms with van der Waals surface area (Å²) in [6.07, 6.45) is 6.40. The van der Waals surface area contributed by atoms with E-state index in [1.54, 1.807) is 6.08 Å². The van der Waals surface area contributed by atoms with Crippen molar-refractivity contribution in [2.45, 2.75) is 37.6 Å². The molecule has 0 bridgehead atoms. The quantitative estimate of drug-likeness (QED) is 0.502. The van der Waals surface area contributed by atoms with E-state index in [4.69, 9.17) is 5.73 Å². The third-order valence-corrected chi connectivity index (χ3v) is 2.58. The van der Waals surface area contributed by atoms with E-state index in [1.807, 2.05) is 0 Å². The van der Waals surface area contributed by atoms with Crippen LogP contribution >= 0.6 is 0 Å². The molecule has 1 saturated carbocycles. The number of rotatable bonds is 4. The molecule has 3 heteroatoms. The van der Waals surface area contributed by atoms with Gasteiger partial charge in [0.05, 0.1) is 5.54 Å². The molecular weight excluding hydrogens is 164 g/mol. The number of hydrogen-bond acceptors (Lipinski definition) is 2. The van der Waals surface area contributed by atoms with E-state index in [0.29, 0.717) is 6.54 Å². The Bertz CT molecular complexity index is 195. The Kier molecular flexibility index (Phi) is 3.48. The van der Waals surface area contributed by atoms with Crippen LogP contribution in [0.2, 0.25) is 0 Å². The van der Waals surface area contributed by atoms with Crippen LogP contribution in [0.4, 0.5) is 0 Å². The van der Waals surface area contributed by atoms with Gasteiger partial charge in [0.1, 0.15) is 0 Å². The lowest BCUT2D eigenvalue weighted by molar-refractivity contribution is -0.126. The van der Waals surface area contributed by atoms with Crippen LogP contribution in [0.5, 0.6) is 0 Å². The highest BCUT2D eigenvalue weighted by Gasteiger charge is 2.36. The van der Waals surface area contributed by atoms with Crippen molar-refractivity contribution in [3.8, 4) is 0 Å². The lowest BCUT2D eigenvalue weighted by Gasteiger charge is -2.21. The number of carbonyl (C=O) groups excluding carboxylic acids is 1. The van der Waals surface area contributed by atoms with Crippen LogP contribution in [-0.2, 0) is 4.79 Å². The highest BCUT2D eigenvalue weighted by molar-refractivity contribution is 5.86. The third-order valence-electron chi connectivity index (χ3n) is 2.58. The molecule has 3 nitrogen and oxygen atoms in total. The van der Waals surface area contributed by atoms with Crippen molar-refractivity contribution in [1.82, 2.24) is 5.32 Å². The molecule has 1 aliphatic carbocycles. The Morgan fingerprint density at radius 2 is 2.15 bits per heavy atom. The predicted octanol–water partition coefficient (Wildman–Crippen LogP) is 0.950. The first-order valence-corrected chi connectivity index (χ1v) is 4.87. The van der Waals surface area contributed by atoms with Gasteiger partial charge in [-0.25, -0.2) is 0 Å². The van der Waals surface area contributed by atoms with Crippen LogP contribution in [-0.4, -0.2) is 18.0 Å². The first-order chi connectivity index (χ1) is 6.19. The molecule has 74 valence electrons. The smallest absolute Gasteiger partial charge is 0.240 e. The minimum atomic E-state index is -0.582. The number of hydrogen-bond donors (Lipinski definition) is 2. The molecular formula is C10H18N2O. The van der Waals surface area contributed by atoms with Crippen LogP contribution in [0.25, 0.3) is 0 Å². The summed E-state index contributed by atoms with van der Waals surface area (Å²) < 4.78 is 0. The van der Waals surface area contributed by atoms with Crippen molar-refractivity contribution in [2.75, 3.05) is 6.54 Å². The molecule has 0 spiro atoms. The van der Waals surface area contributed by atoms with Gasteiger partial charge in [-0.05, 0) is 19.3 Å². The molecule has 0 saturated heterocycles. The van der Waals surface area contributed by atoms with Crippen LogP contribution < -0.4 is 11.1 Å². The van der Waals surface area contributed by atoms with Crippen molar-refractivity contribution in [1.29, 1.82) is 0 Å². The SMILES string of the molecule is C=CCCNC(=O)C1(N)CCCC1. The maximum absolute atomic E-state index is 11.6. The summed E-state index contributed by atoms with van der Waals surface area (Å²) in [5.74, 6) is 0.00634. The molecule has 1 rings (SSSR count). The van der Waals surface area contributed by atoms with Gasteiger partial charge < -0.3 is 11.1 Å². The molecule has 1 fully saturated rings.